The summed E-state index contributed by atoms with van der Waals surface area (Å²) in [6.45, 7) is 1.88. The Morgan fingerprint density at radius 2 is 2.22 bits per heavy atom. The molecular weight excluding hydrogens is 136 g/mol. The molecule has 0 fully saturated rings. The van der Waals surface area contributed by atoms with Gasteiger partial charge in [-0.25, -0.2) is 0 Å². The zero-order chi connectivity index (χ0) is 6.69. The summed E-state index contributed by atoms with van der Waals surface area (Å²) in [5.74, 6) is 0. The van der Waals surface area contributed by atoms with Crippen molar-refractivity contribution in [1.29, 1.82) is 0 Å². The van der Waals surface area contributed by atoms with Crippen molar-refractivity contribution in [2.45, 2.75) is 6.92 Å². The van der Waals surface area contributed by atoms with Crippen molar-refractivity contribution in [3.8, 4) is 0 Å². The summed E-state index contributed by atoms with van der Waals surface area (Å²) in [4.78, 5) is 0. The van der Waals surface area contributed by atoms with Crippen molar-refractivity contribution < 1.29 is 0 Å². The minimum Gasteiger partial charge on any atom is -0.190 e. The predicted molar refractivity (Wildman–Crippen MR) is 35.1 cm³/mol. The molecule has 1 heterocycles. The van der Waals surface area contributed by atoms with Crippen LogP contribution in [-0.2, 0) is 0 Å². The fraction of sp³-hybridized carbons (Fsp3) is 0.500. The lowest BCUT2D eigenvalue weighted by atomic mass is 10.9. The van der Waals surface area contributed by atoms with Crippen LogP contribution < -0.4 is 0 Å². The average Bonchev–Trinajstić information content (AvgIpc) is 2.17. The summed E-state index contributed by atoms with van der Waals surface area (Å²) in [6, 6.07) is 0. The van der Waals surface area contributed by atoms with Gasteiger partial charge < -0.3 is 0 Å². The summed E-state index contributed by atoms with van der Waals surface area (Å²) in [5, 5.41) is 16.2. The highest BCUT2D eigenvalue weighted by atomic mass is 32.1. The number of hydrogen-bond acceptors (Lipinski definition) is 5. The fourth-order valence-electron chi connectivity index (χ4n) is 0.412. The highest BCUT2D eigenvalue weighted by Gasteiger charge is 1.94. The van der Waals surface area contributed by atoms with Crippen LogP contribution in [0, 0.1) is 6.92 Å². The van der Waals surface area contributed by atoms with E-state index < -0.39 is 0 Å². The number of nitrogens with zero attached hydrogens (tertiary/aromatic N) is 4. The highest BCUT2D eigenvalue weighted by Crippen LogP contribution is 2.16. The van der Waals surface area contributed by atoms with Crippen LogP contribution in [0.15, 0.2) is 10.2 Å². The van der Waals surface area contributed by atoms with E-state index in [0.717, 1.165) is 5.01 Å². The van der Waals surface area contributed by atoms with Crippen LogP contribution >= 0.6 is 11.3 Å². The largest absolute Gasteiger partial charge is 0.251 e. The molecule has 0 aliphatic heterocycles. The van der Waals surface area contributed by atoms with Gasteiger partial charge in [-0.3, -0.25) is 0 Å². The van der Waals surface area contributed by atoms with Gasteiger partial charge in [-0.05, 0) is 6.92 Å². The summed E-state index contributed by atoms with van der Waals surface area (Å²) in [6.07, 6.45) is 0. The Labute approximate surface area is 56.7 Å². The summed E-state index contributed by atoms with van der Waals surface area (Å²) in [5.41, 5.74) is 0. The molecule has 1 aromatic rings. The van der Waals surface area contributed by atoms with E-state index in [2.05, 4.69) is 20.4 Å². The third kappa shape index (κ3) is 1.53. The van der Waals surface area contributed by atoms with E-state index in [0.29, 0.717) is 5.13 Å². The van der Waals surface area contributed by atoms with Crippen LogP contribution in [0.1, 0.15) is 5.01 Å². The Morgan fingerprint density at radius 3 is 2.67 bits per heavy atom. The van der Waals surface area contributed by atoms with Gasteiger partial charge in [0.1, 0.15) is 5.01 Å². The van der Waals surface area contributed by atoms with Gasteiger partial charge >= 0.3 is 0 Å². The van der Waals surface area contributed by atoms with Crippen molar-refractivity contribution in [3.05, 3.63) is 5.01 Å². The Morgan fingerprint density at radius 1 is 1.44 bits per heavy atom. The second-order valence-corrected chi connectivity index (χ2v) is 2.56. The molecule has 48 valence electrons. The van der Waals surface area contributed by atoms with Crippen LogP contribution in [-0.4, -0.2) is 17.2 Å². The van der Waals surface area contributed by atoms with Crippen molar-refractivity contribution >= 4 is 16.5 Å². The molecule has 0 saturated heterocycles. The van der Waals surface area contributed by atoms with Gasteiger partial charge in [0.15, 0.2) is 0 Å². The van der Waals surface area contributed by atoms with E-state index in [4.69, 9.17) is 0 Å². The summed E-state index contributed by atoms with van der Waals surface area (Å²) in [7, 11) is 1.61. The molecule has 1 aromatic heterocycles. The van der Waals surface area contributed by atoms with Gasteiger partial charge in [-0.2, -0.15) is 5.11 Å². The molecule has 0 aromatic carbocycles. The summed E-state index contributed by atoms with van der Waals surface area (Å²) >= 11 is 1.43. The Kier molecular flexibility index (Phi) is 1.84. The molecule has 1 rings (SSSR count). The maximum atomic E-state index is 3.75. The molecule has 0 N–H and O–H groups in total. The quantitative estimate of drug-likeness (QED) is 0.559. The van der Waals surface area contributed by atoms with E-state index in [1.807, 2.05) is 6.92 Å². The van der Waals surface area contributed by atoms with Crippen LogP contribution in [0.3, 0.4) is 0 Å². The van der Waals surface area contributed by atoms with Crippen LogP contribution in [0.25, 0.3) is 0 Å². The van der Waals surface area contributed by atoms with Gasteiger partial charge in [0.25, 0.3) is 5.13 Å². The Hall–Kier alpha value is -0.840. The first-order valence-electron chi connectivity index (χ1n) is 2.43. The zero-order valence-electron chi connectivity index (χ0n) is 5.20. The number of aryl methyl sites for hydroxylation is 1. The van der Waals surface area contributed by atoms with E-state index in [1.54, 1.807) is 7.05 Å². The second-order valence-electron chi connectivity index (χ2n) is 1.40. The first-order valence-corrected chi connectivity index (χ1v) is 3.24. The molecule has 0 unspecified atom stereocenters. The van der Waals surface area contributed by atoms with Gasteiger partial charge in [-0.1, -0.05) is 11.3 Å². The molecule has 0 bridgehead atoms. The minimum absolute atomic E-state index is 0.620. The van der Waals surface area contributed by atoms with E-state index in [1.165, 1.54) is 11.3 Å². The van der Waals surface area contributed by atoms with Crippen molar-refractivity contribution in [2.24, 2.45) is 10.2 Å². The van der Waals surface area contributed by atoms with Crippen LogP contribution in [0.5, 0.6) is 0 Å². The molecule has 0 spiro atoms. The predicted octanol–water partition coefficient (Wildman–Crippen LogP) is 1.56. The molecule has 9 heavy (non-hydrogen) atoms. The van der Waals surface area contributed by atoms with Gasteiger partial charge in [0.05, 0.1) is 0 Å². The maximum absolute atomic E-state index is 3.75. The molecule has 0 atom stereocenters. The van der Waals surface area contributed by atoms with E-state index in [-0.39, 0.29) is 0 Å². The Bertz CT molecular complexity index is 216. The molecule has 0 aliphatic rings. The molecule has 0 amide bonds. The van der Waals surface area contributed by atoms with Gasteiger partial charge in [-0.15, -0.1) is 15.3 Å². The zero-order valence-corrected chi connectivity index (χ0v) is 6.01. The lowest BCUT2D eigenvalue weighted by Crippen LogP contribution is -1.66. The molecule has 0 aliphatic carbocycles. The summed E-state index contributed by atoms with van der Waals surface area (Å²) < 4.78 is 0. The third-order valence-corrected chi connectivity index (χ3v) is 1.42. The molecular formula is C4H6N4S. The first-order chi connectivity index (χ1) is 4.33. The van der Waals surface area contributed by atoms with Crippen LogP contribution in [0.4, 0.5) is 5.13 Å². The maximum Gasteiger partial charge on any atom is 0.251 e. The Balaban J connectivity index is 2.85. The normalized spacial score (nSPS) is 10.9. The molecule has 0 radical (unpaired) electrons. The minimum atomic E-state index is 0.620. The second kappa shape index (κ2) is 2.63. The number of rotatable bonds is 1. The number of aromatic nitrogens is 2. The van der Waals surface area contributed by atoms with Gasteiger partial charge in [0, 0.05) is 7.05 Å². The topological polar surface area (TPSA) is 50.5 Å². The van der Waals surface area contributed by atoms with Crippen molar-refractivity contribution in [1.82, 2.24) is 10.2 Å². The average molecular weight is 142 g/mol. The van der Waals surface area contributed by atoms with E-state index >= 15 is 0 Å². The van der Waals surface area contributed by atoms with E-state index in [9.17, 15) is 0 Å². The number of hydrogen-bond donors (Lipinski definition) is 0. The molecule has 5 heteroatoms. The van der Waals surface area contributed by atoms with Crippen molar-refractivity contribution in [3.63, 3.8) is 0 Å². The lowest BCUT2D eigenvalue weighted by molar-refractivity contribution is 1.02. The SMILES string of the molecule is CN=Nc1nnc(C)s1. The molecule has 4 nitrogen and oxygen atoms in total. The van der Waals surface area contributed by atoms with Crippen LogP contribution in [0.2, 0.25) is 0 Å². The van der Waals surface area contributed by atoms with Gasteiger partial charge in [0.2, 0.25) is 0 Å². The third-order valence-electron chi connectivity index (χ3n) is 0.701. The lowest BCUT2D eigenvalue weighted by Gasteiger charge is -1.71. The smallest absolute Gasteiger partial charge is 0.190 e. The monoisotopic (exact) mass is 142 g/mol. The highest BCUT2D eigenvalue weighted by molar-refractivity contribution is 7.14. The van der Waals surface area contributed by atoms with Crippen molar-refractivity contribution in [2.75, 3.05) is 7.05 Å². The standard InChI is InChI=1S/C4H6N4S/c1-3-6-8-4(9-3)7-5-2/h1-2H3. The molecule has 0 saturated carbocycles. The first kappa shape index (κ1) is 6.28. The number of azo groups is 1. The fourth-order valence-corrected chi connectivity index (χ4v) is 0.962.